The molecule has 0 bridgehead atoms. The van der Waals surface area contributed by atoms with Gasteiger partial charge >= 0.3 is 0 Å². The van der Waals surface area contributed by atoms with E-state index in [0.717, 1.165) is 29.7 Å². The lowest BCUT2D eigenvalue weighted by atomic mass is 10.0. The third kappa shape index (κ3) is 3.47. The van der Waals surface area contributed by atoms with E-state index >= 15 is 0 Å². The maximum atomic E-state index is 6.08. The second-order valence-corrected chi connectivity index (χ2v) is 5.72. The van der Waals surface area contributed by atoms with Crippen molar-refractivity contribution >= 4 is 29.0 Å². The summed E-state index contributed by atoms with van der Waals surface area (Å²) in [5.74, 6) is 0.508. The van der Waals surface area contributed by atoms with Gasteiger partial charge in [0.1, 0.15) is 0 Å². The topological polar surface area (TPSA) is 54.7 Å². The Balaban J connectivity index is 2.22. The van der Waals surface area contributed by atoms with Crippen LogP contribution in [0.1, 0.15) is 38.3 Å². The van der Waals surface area contributed by atoms with Gasteiger partial charge in [-0.15, -0.1) is 0 Å². The molecule has 0 saturated heterocycles. The van der Waals surface area contributed by atoms with Gasteiger partial charge in [-0.2, -0.15) is 5.10 Å². The maximum Gasteiger partial charge on any atom is 0.153 e. The highest BCUT2D eigenvalue weighted by molar-refractivity contribution is 6.42. The van der Waals surface area contributed by atoms with Crippen LogP contribution in [-0.4, -0.2) is 10.2 Å². The molecule has 20 heavy (non-hydrogen) atoms. The molecule has 2 rings (SSSR count). The molecule has 2 aromatic rings. The number of nitrogens with zero attached hydrogens (tertiary/aromatic N) is 1. The van der Waals surface area contributed by atoms with E-state index in [-0.39, 0.29) is 0 Å². The van der Waals surface area contributed by atoms with E-state index in [1.807, 2.05) is 12.1 Å². The van der Waals surface area contributed by atoms with Crippen LogP contribution in [0, 0.1) is 0 Å². The van der Waals surface area contributed by atoms with Crippen molar-refractivity contribution in [1.82, 2.24) is 10.2 Å². The lowest BCUT2D eigenvalue weighted by Crippen LogP contribution is -1.92. The molecule has 0 amide bonds. The Kier molecular flexibility index (Phi) is 5.32. The number of nitrogens with two attached hydrogens (primary N) is 1. The van der Waals surface area contributed by atoms with Gasteiger partial charge in [-0.1, -0.05) is 55.5 Å². The molecular formula is C15H19Cl2N3. The van der Waals surface area contributed by atoms with E-state index in [4.69, 9.17) is 28.9 Å². The first kappa shape index (κ1) is 15.2. The molecule has 0 spiro atoms. The van der Waals surface area contributed by atoms with Gasteiger partial charge in [0.05, 0.1) is 10.0 Å². The SMILES string of the molecule is CCCCCCc1[nH]nc(N)c1-c1ccc(Cl)c(Cl)c1. The Bertz CT molecular complexity index is 578. The van der Waals surface area contributed by atoms with Crippen molar-refractivity contribution in [2.24, 2.45) is 0 Å². The minimum absolute atomic E-state index is 0.508. The largest absolute Gasteiger partial charge is 0.382 e. The maximum absolute atomic E-state index is 6.08. The molecule has 5 heteroatoms. The van der Waals surface area contributed by atoms with Crippen molar-refractivity contribution in [3.8, 4) is 11.1 Å². The van der Waals surface area contributed by atoms with Crippen LogP contribution < -0.4 is 5.73 Å². The molecule has 1 aromatic carbocycles. The number of nitrogen functional groups attached to an aromatic ring is 1. The van der Waals surface area contributed by atoms with Crippen molar-refractivity contribution in [1.29, 1.82) is 0 Å². The standard InChI is InChI=1S/C15H19Cl2N3/c1-2-3-4-5-6-13-14(15(18)20-19-13)10-7-8-11(16)12(17)9-10/h7-9H,2-6H2,1H3,(H3,18,19,20). The van der Waals surface area contributed by atoms with Gasteiger partial charge in [-0.3, -0.25) is 5.10 Å². The number of nitrogens with one attached hydrogen (secondary N) is 1. The molecular weight excluding hydrogens is 293 g/mol. The normalized spacial score (nSPS) is 10.9. The summed E-state index contributed by atoms with van der Waals surface area (Å²) < 4.78 is 0. The van der Waals surface area contributed by atoms with Gasteiger partial charge in [0.25, 0.3) is 0 Å². The molecule has 0 aliphatic carbocycles. The van der Waals surface area contributed by atoms with Crippen molar-refractivity contribution < 1.29 is 0 Å². The number of hydrogen-bond donors (Lipinski definition) is 2. The zero-order valence-corrected chi connectivity index (χ0v) is 13.1. The van der Waals surface area contributed by atoms with Crippen molar-refractivity contribution in [2.45, 2.75) is 39.0 Å². The second kappa shape index (κ2) is 7.00. The summed E-state index contributed by atoms with van der Waals surface area (Å²) in [5.41, 5.74) is 8.94. The Morgan fingerprint density at radius 3 is 2.65 bits per heavy atom. The van der Waals surface area contributed by atoms with Crippen LogP contribution in [0.2, 0.25) is 10.0 Å². The van der Waals surface area contributed by atoms with E-state index in [1.165, 1.54) is 19.3 Å². The molecule has 0 fully saturated rings. The molecule has 0 unspecified atom stereocenters. The average molecular weight is 312 g/mol. The summed E-state index contributed by atoms with van der Waals surface area (Å²) in [6, 6.07) is 5.54. The summed E-state index contributed by atoms with van der Waals surface area (Å²) in [4.78, 5) is 0. The molecule has 3 nitrogen and oxygen atoms in total. The number of aromatic amines is 1. The number of H-pyrrole nitrogens is 1. The molecule has 0 atom stereocenters. The number of halogens is 2. The summed E-state index contributed by atoms with van der Waals surface area (Å²) in [5, 5.41) is 8.23. The Hall–Kier alpha value is -1.19. The predicted molar refractivity (Wildman–Crippen MR) is 86.3 cm³/mol. The summed E-state index contributed by atoms with van der Waals surface area (Å²) in [6.45, 7) is 2.20. The zero-order chi connectivity index (χ0) is 14.5. The molecule has 3 N–H and O–H groups in total. The van der Waals surface area contributed by atoms with Crippen molar-refractivity contribution in [3.05, 3.63) is 33.9 Å². The first-order valence-corrected chi connectivity index (χ1v) is 7.67. The van der Waals surface area contributed by atoms with E-state index in [0.29, 0.717) is 15.9 Å². The van der Waals surface area contributed by atoms with Gasteiger partial charge in [-0.05, 0) is 30.5 Å². The number of aryl methyl sites for hydroxylation is 1. The number of hydrogen-bond acceptors (Lipinski definition) is 2. The molecule has 0 aliphatic rings. The second-order valence-electron chi connectivity index (χ2n) is 4.90. The Morgan fingerprint density at radius 2 is 1.95 bits per heavy atom. The number of aromatic nitrogens is 2. The van der Waals surface area contributed by atoms with E-state index in [1.54, 1.807) is 6.07 Å². The highest BCUT2D eigenvalue weighted by Crippen LogP contribution is 2.33. The Morgan fingerprint density at radius 1 is 1.15 bits per heavy atom. The predicted octanol–water partition coefficient (Wildman–Crippen LogP) is 5.09. The minimum atomic E-state index is 0.508. The van der Waals surface area contributed by atoms with Crippen LogP contribution in [0.4, 0.5) is 5.82 Å². The number of benzene rings is 1. The number of anilines is 1. The van der Waals surface area contributed by atoms with E-state index < -0.39 is 0 Å². The zero-order valence-electron chi connectivity index (χ0n) is 11.5. The van der Waals surface area contributed by atoms with Gasteiger partial charge < -0.3 is 5.73 Å². The van der Waals surface area contributed by atoms with Gasteiger partial charge in [0.15, 0.2) is 5.82 Å². The summed E-state index contributed by atoms with van der Waals surface area (Å²) >= 11 is 12.0. The van der Waals surface area contributed by atoms with Gasteiger partial charge in [0.2, 0.25) is 0 Å². The van der Waals surface area contributed by atoms with Crippen LogP contribution in [-0.2, 0) is 6.42 Å². The fourth-order valence-electron chi connectivity index (χ4n) is 2.28. The third-order valence-electron chi connectivity index (χ3n) is 3.36. The van der Waals surface area contributed by atoms with Crippen LogP contribution in [0.3, 0.4) is 0 Å². The van der Waals surface area contributed by atoms with Gasteiger partial charge in [-0.25, -0.2) is 0 Å². The molecule has 0 saturated carbocycles. The third-order valence-corrected chi connectivity index (χ3v) is 4.10. The molecule has 0 radical (unpaired) electrons. The van der Waals surface area contributed by atoms with Crippen LogP contribution >= 0.6 is 23.2 Å². The fourth-order valence-corrected chi connectivity index (χ4v) is 2.58. The average Bonchev–Trinajstić information content (AvgIpc) is 2.79. The number of rotatable bonds is 6. The lowest BCUT2D eigenvalue weighted by Gasteiger charge is -2.06. The fraction of sp³-hybridized carbons (Fsp3) is 0.400. The quantitative estimate of drug-likeness (QED) is 0.730. The van der Waals surface area contributed by atoms with E-state index in [9.17, 15) is 0 Å². The number of unbranched alkanes of at least 4 members (excludes halogenated alkanes) is 3. The van der Waals surface area contributed by atoms with Crippen molar-refractivity contribution in [3.63, 3.8) is 0 Å². The highest BCUT2D eigenvalue weighted by atomic mass is 35.5. The van der Waals surface area contributed by atoms with E-state index in [2.05, 4.69) is 17.1 Å². The molecule has 1 aromatic heterocycles. The minimum Gasteiger partial charge on any atom is -0.382 e. The first-order valence-electron chi connectivity index (χ1n) is 6.91. The molecule has 0 aliphatic heterocycles. The monoisotopic (exact) mass is 311 g/mol. The Labute approximate surface area is 129 Å². The van der Waals surface area contributed by atoms with Crippen LogP contribution in [0.5, 0.6) is 0 Å². The molecule has 1 heterocycles. The van der Waals surface area contributed by atoms with Crippen molar-refractivity contribution in [2.75, 3.05) is 5.73 Å². The first-order chi connectivity index (χ1) is 9.63. The summed E-state index contributed by atoms with van der Waals surface area (Å²) in [6.07, 6.45) is 5.77. The van der Waals surface area contributed by atoms with Crippen LogP contribution in [0.25, 0.3) is 11.1 Å². The lowest BCUT2D eigenvalue weighted by molar-refractivity contribution is 0.660. The highest BCUT2D eigenvalue weighted by Gasteiger charge is 2.13. The smallest absolute Gasteiger partial charge is 0.153 e. The molecule has 108 valence electrons. The summed E-state index contributed by atoms with van der Waals surface area (Å²) in [7, 11) is 0. The van der Waals surface area contributed by atoms with Gasteiger partial charge in [0, 0.05) is 11.3 Å². The van der Waals surface area contributed by atoms with Crippen LogP contribution in [0.15, 0.2) is 18.2 Å².